The highest BCUT2D eigenvalue weighted by molar-refractivity contribution is 7.80. The molecule has 0 radical (unpaired) electrons. The summed E-state index contributed by atoms with van der Waals surface area (Å²) in [7, 11) is -0.999. The number of hydrogen-bond donors (Lipinski definition) is 1. The molecule has 0 atom stereocenters. The monoisotopic (exact) mass is 338 g/mol. The molecule has 0 unspecified atom stereocenters. The first-order valence-electron chi connectivity index (χ1n) is 6.95. The topological polar surface area (TPSA) is 105 Å². The van der Waals surface area contributed by atoms with Crippen molar-refractivity contribution < 1.29 is 31.2 Å². The molecular weight excluding hydrogens is 312 g/mol. The third-order valence-electron chi connectivity index (χ3n) is 2.46. The van der Waals surface area contributed by atoms with Gasteiger partial charge in [0.15, 0.2) is 0 Å². The summed E-state index contributed by atoms with van der Waals surface area (Å²) in [6.45, 7) is 5.02. The summed E-state index contributed by atoms with van der Waals surface area (Å²) in [5.41, 5.74) is 0. The number of aromatic nitrogens is 2. The number of aryl methyl sites for hydroxylation is 1. The highest BCUT2D eigenvalue weighted by Gasteiger charge is 2.07. The lowest BCUT2D eigenvalue weighted by Gasteiger charge is -2.07. The predicted molar refractivity (Wildman–Crippen MR) is 78.9 cm³/mol. The maximum Gasteiger partial charge on any atom is 0.254 e. The van der Waals surface area contributed by atoms with Crippen molar-refractivity contribution >= 4 is 10.4 Å². The van der Waals surface area contributed by atoms with E-state index in [0.29, 0.717) is 13.2 Å². The quantitative estimate of drug-likeness (QED) is 0.298. The highest BCUT2D eigenvalue weighted by Crippen LogP contribution is 1.99. The minimum Gasteiger partial charge on any atom is -0.726 e. The second-order valence-electron chi connectivity index (χ2n) is 4.95. The van der Waals surface area contributed by atoms with E-state index in [1.54, 1.807) is 0 Å². The largest absolute Gasteiger partial charge is 0.726 e. The Kier molecular flexibility index (Phi) is 11.0. The van der Waals surface area contributed by atoms with Crippen molar-refractivity contribution in [2.45, 2.75) is 20.3 Å². The fourth-order valence-electron chi connectivity index (χ4n) is 1.47. The van der Waals surface area contributed by atoms with E-state index in [2.05, 4.69) is 39.4 Å². The molecule has 0 amide bonds. The van der Waals surface area contributed by atoms with Gasteiger partial charge in [0.1, 0.15) is 12.4 Å². The smallest absolute Gasteiger partial charge is 0.254 e. The van der Waals surface area contributed by atoms with Crippen LogP contribution in [0.3, 0.4) is 0 Å². The van der Waals surface area contributed by atoms with E-state index in [9.17, 15) is 13.0 Å². The number of rotatable bonds is 9. The van der Waals surface area contributed by atoms with Crippen molar-refractivity contribution in [2.24, 2.45) is 13.0 Å². The second-order valence-corrected chi connectivity index (χ2v) is 6.00. The van der Waals surface area contributed by atoms with Gasteiger partial charge in [-0.15, -0.1) is 0 Å². The summed E-state index contributed by atoms with van der Waals surface area (Å²) < 4.78 is 45.0. The molecular formula is C13H26N2O6S. The van der Waals surface area contributed by atoms with Crippen LogP contribution in [0.1, 0.15) is 19.7 Å². The molecule has 1 N–H and O–H groups in total. The van der Waals surface area contributed by atoms with Crippen LogP contribution in [-0.2, 0) is 37.5 Å². The Hall–Kier alpha value is -1.00. The molecule has 0 aliphatic rings. The molecule has 0 fully saturated rings. The molecule has 0 saturated carbocycles. The van der Waals surface area contributed by atoms with Gasteiger partial charge in [-0.2, -0.15) is 0 Å². The Morgan fingerprint density at radius 3 is 2.36 bits per heavy atom. The van der Waals surface area contributed by atoms with E-state index >= 15 is 0 Å². The van der Waals surface area contributed by atoms with Crippen LogP contribution in [0.4, 0.5) is 0 Å². The van der Waals surface area contributed by atoms with Crippen molar-refractivity contribution in [3.8, 4) is 0 Å². The molecule has 0 aliphatic carbocycles. The Morgan fingerprint density at radius 2 is 1.91 bits per heavy atom. The molecule has 8 nitrogen and oxygen atoms in total. The molecule has 0 aliphatic heterocycles. The number of ether oxygens (including phenoxy) is 2. The molecule has 1 heterocycles. The standard InChI is InChI=1S/C8H14N2.C5H12O6S/c1-7(2)6-8-9-4-5-10(8)3;1-9-2-3-10-4-5-11-12(6,7)8/h4-5,7H,6H2,1-3H3;2-5H2,1H3,(H,6,7,8). The van der Waals surface area contributed by atoms with Crippen molar-refractivity contribution in [2.75, 3.05) is 33.5 Å². The minimum absolute atomic E-state index is 0.0603. The number of methoxy groups -OCH3 is 1. The summed E-state index contributed by atoms with van der Waals surface area (Å²) in [4.78, 5) is 3.20. The molecule has 22 heavy (non-hydrogen) atoms. The van der Waals surface area contributed by atoms with Gasteiger partial charge in [-0.3, -0.25) is 4.18 Å². The maximum absolute atomic E-state index is 9.86. The molecule has 0 aromatic carbocycles. The first kappa shape index (κ1) is 21.0. The van der Waals surface area contributed by atoms with E-state index in [4.69, 9.17) is 4.74 Å². The van der Waals surface area contributed by atoms with Crippen LogP contribution < -0.4 is 4.57 Å². The zero-order chi connectivity index (χ0) is 17.0. The minimum atomic E-state index is -4.58. The third-order valence-corrected chi connectivity index (χ3v) is 2.92. The van der Waals surface area contributed by atoms with Gasteiger partial charge in [0.05, 0.1) is 39.9 Å². The Balaban J connectivity index is 0.000000406. The van der Waals surface area contributed by atoms with Gasteiger partial charge in [-0.25, -0.2) is 18.0 Å². The summed E-state index contributed by atoms with van der Waals surface area (Å²) in [6, 6.07) is 0. The molecule has 9 heteroatoms. The molecule has 130 valence electrons. The fourth-order valence-corrected chi connectivity index (χ4v) is 1.74. The van der Waals surface area contributed by atoms with Crippen molar-refractivity contribution in [1.29, 1.82) is 0 Å². The van der Waals surface area contributed by atoms with Crippen molar-refractivity contribution in [1.82, 2.24) is 4.98 Å². The van der Waals surface area contributed by atoms with Crippen molar-refractivity contribution in [3.05, 3.63) is 18.2 Å². The molecule has 1 aromatic heterocycles. The van der Waals surface area contributed by atoms with E-state index in [1.807, 2.05) is 12.4 Å². The Morgan fingerprint density at radius 1 is 1.27 bits per heavy atom. The lowest BCUT2D eigenvalue weighted by Crippen LogP contribution is -2.31. The number of aromatic amines is 1. The van der Waals surface area contributed by atoms with Crippen LogP contribution >= 0.6 is 0 Å². The number of H-pyrrole nitrogens is 1. The van der Waals surface area contributed by atoms with Gasteiger partial charge in [-0.1, -0.05) is 13.8 Å². The predicted octanol–water partition coefficient (Wildman–Crippen LogP) is 0.164. The van der Waals surface area contributed by atoms with E-state index in [1.165, 1.54) is 12.9 Å². The maximum atomic E-state index is 9.86. The first-order valence-corrected chi connectivity index (χ1v) is 8.28. The summed E-state index contributed by atoms with van der Waals surface area (Å²) in [5, 5.41) is 0. The fraction of sp³-hybridized carbons (Fsp3) is 0.769. The zero-order valence-corrected chi connectivity index (χ0v) is 14.4. The van der Waals surface area contributed by atoms with Crippen molar-refractivity contribution in [3.63, 3.8) is 0 Å². The van der Waals surface area contributed by atoms with Gasteiger partial charge < -0.3 is 14.0 Å². The lowest BCUT2D eigenvalue weighted by molar-refractivity contribution is -0.678. The Labute approximate surface area is 132 Å². The third kappa shape index (κ3) is 12.7. The van der Waals surface area contributed by atoms with Crippen LogP contribution in [0.15, 0.2) is 12.4 Å². The van der Waals surface area contributed by atoms with Crippen LogP contribution in [0, 0.1) is 5.92 Å². The van der Waals surface area contributed by atoms with Gasteiger partial charge in [0.2, 0.25) is 10.4 Å². The van der Waals surface area contributed by atoms with Gasteiger partial charge in [-0.05, 0) is 5.92 Å². The summed E-state index contributed by atoms with van der Waals surface area (Å²) >= 11 is 0. The van der Waals surface area contributed by atoms with Crippen LogP contribution in [-0.4, -0.2) is 51.5 Å². The highest BCUT2D eigenvalue weighted by atomic mass is 32.3. The van der Waals surface area contributed by atoms with E-state index in [-0.39, 0.29) is 13.2 Å². The second kappa shape index (κ2) is 11.6. The lowest BCUT2D eigenvalue weighted by atomic mass is 10.1. The number of nitrogens with one attached hydrogen (secondary N) is 1. The van der Waals surface area contributed by atoms with Gasteiger partial charge in [0.25, 0.3) is 5.82 Å². The number of hydrogen-bond acceptors (Lipinski definition) is 6. The van der Waals surface area contributed by atoms with E-state index < -0.39 is 10.4 Å². The van der Waals surface area contributed by atoms with Gasteiger partial charge >= 0.3 is 0 Å². The van der Waals surface area contributed by atoms with E-state index in [0.717, 1.165) is 12.3 Å². The van der Waals surface area contributed by atoms with Crippen LogP contribution in [0.25, 0.3) is 0 Å². The Bertz CT molecular complexity index is 486. The summed E-state index contributed by atoms with van der Waals surface area (Å²) in [5.74, 6) is 2.03. The van der Waals surface area contributed by atoms with Crippen LogP contribution in [0.2, 0.25) is 0 Å². The normalized spacial score (nSPS) is 11.4. The zero-order valence-electron chi connectivity index (χ0n) is 13.6. The number of nitrogens with zero attached hydrogens (tertiary/aromatic N) is 1. The molecule has 1 aromatic rings. The molecule has 1 rings (SSSR count). The van der Waals surface area contributed by atoms with Crippen LogP contribution in [0.5, 0.6) is 0 Å². The molecule has 0 spiro atoms. The van der Waals surface area contributed by atoms with Gasteiger partial charge in [0, 0.05) is 7.11 Å². The average Bonchev–Trinajstić information content (AvgIpc) is 2.78. The molecule has 0 saturated heterocycles. The SMILES string of the molecule is CC(C)Cc1[nH]cc[n+]1C.COCCOCCOS(=O)(=O)[O-]. The molecule has 0 bridgehead atoms. The first-order chi connectivity index (χ1) is 10.3. The average molecular weight is 338 g/mol. The summed E-state index contributed by atoms with van der Waals surface area (Å²) in [6.07, 6.45) is 5.14. The number of imidazole rings is 1.